The number of nitrogens with zero attached hydrogens (tertiary/aromatic N) is 2. The second kappa shape index (κ2) is 6.24. The van der Waals surface area contributed by atoms with Gasteiger partial charge < -0.3 is 20.6 Å². The van der Waals surface area contributed by atoms with E-state index in [1.807, 2.05) is 31.2 Å². The molecule has 0 bridgehead atoms. The molecule has 2 atom stereocenters. The van der Waals surface area contributed by atoms with Crippen LogP contribution < -0.4 is 10.6 Å². The zero-order valence-corrected chi connectivity index (χ0v) is 12.3. The molecule has 1 heterocycles. The number of nitrogens with two attached hydrogens (primary N) is 1. The van der Waals surface area contributed by atoms with Crippen LogP contribution in [0.5, 0.6) is 0 Å². The number of aliphatic hydroxyl groups excluding tert-OH is 1. The van der Waals surface area contributed by atoms with E-state index in [4.69, 9.17) is 5.73 Å². The fraction of sp³-hybridized carbons (Fsp3) is 0.467. The Balaban J connectivity index is 2.08. The van der Waals surface area contributed by atoms with Crippen molar-refractivity contribution in [3.8, 4) is 0 Å². The van der Waals surface area contributed by atoms with Crippen LogP contribution in [-0.4, -0.2) is 53.6 Å². The molecule has 1 saturated heterocycles. The zero-order valence-electron chi connectivity index (χ0n) is 12.3. The third-order valence-electron chi connectivity index (χ3n) is 3.74. The summed E-state index contributed by atoms with van der Waals surface area (Å²) in [7, 11) is 0. The van der Waals surface area contributed by atoms with Gasteiger partial charge in [0.05, 0.1) is 6.10 Å². The van der Waals surface area contributed by atoms with Crippen molar-refractivity contribution in [2.75, 3.05) is 24.5 Å². The minimum Gasteiger partial charge on any atom is -0.391 e. The molecule has 1 fully saturated rings. The molecule has 2 rings (SSSR count). The van der Waals surface area contributed by atoms with E-state index in [1.54, 1.807) is 4.90 Å². The molecule has 0 radical (unpaired) electrons. The monoisotopic (exact) mass is 291 g/mol. The van der Waals surface area contributed by atoms with Gasteiger partial charge in [0.15, 0.2) is 0 Å². The molecule has 0 aliphatic carbocycles. The van der Waals surface area contributed by atoms with Gasteiger partial charge in [0.1, 0.15) is 12.6 Å². The highest BCUT2D eigenvalue weighted by Crippen LogP contribution is 2.21. The van der Waals surface area contributed by atoms with E-state index in [9.17, 15) is 14.7 Å². The smallest absolute Gasteiger partial charge is 0.246 e. The minimum atomic E-state index is -0.984. The number of aliphatic hydroxyl groups is 1. The molecule has 2 amide bonds. The Morgan fingerprint density at radius 1 is 1.33 bits per heavy atom. The fourth-order valence-corrected chi connectivity index (χ4v) is 2.40. The molecule has 0 saturated carbocycles. The lowest BCUT2D eigenvalue weighted by atomic mass is 10.1. The normalized spacial score (nSPS) is 18.6. The summed E-state index contributed by atoms with van der Waals surface area (Å²) in [6, 6.07) is 6.67. The van der Waals surface area contributed by atoms with Gasteiger partial charge in [0, 0.05) is 18.8 Å². The average molecular weight is 291 g/mol. The van der Waals surface area contributed by atoms with Crippen LogP contribution in [0.25, 0.3) is 0 Å². The molecule has 1 aliphatic heterocycles. The van der Waals surface area contributed by atoms with Gasteiger partial charge in [-0.25, -0.2) is 0 Å². The summed E-state index contributed by atoms with van der Waals surface area (Å²) in [5, 5.41) is 9.39. The van der Waals surface area contributed by atoms with E-state index in [1.165, 1.54) is 11.8 Å². The van der Waals surface area contributed by atoms with Crippen LogP contribution in [0.2, 0.25) is 0 Å². The Hall–Kier alpha value is -1.92. The first kappa shape index (κ1) is 15.5. The maximum atomic E-state index is 12.3. The molecule has 114 valence electrons. The van der Waals surface area contributed by atoms with Gasteiger partial charge in [-0.2, -0.15) is 0 Å². The van der Waals surface area contributed by atoms with Crippen LogP contribution in [0, 0.1) is 6.92 Å². The van der Waals surface area contributed by atoms with Crippen molar-refractivity contribution in [1.29, 1.82) is 0 Å². The highest BCUT2D eigenvalue weighted by molar-refractivity contribution is 5.99. The SMILES string of the molecule is Cc1ccccc1N1CCN(C(=O)[C@@H](N)[C@@H](C)O)CC1=O. The number of carbonyl (C=O) groups is 2. The Kier molecular flexibility index (Phi) is 4.59. The van der Waals surface area contributed by atoms with Crippen LogP contribution in [0.1, 0.15) is 12.5 Å². The highest BCUT2D eigenvalue weighted by Gasteiger charge is 2.32. The second-order valence-corrected chi connectivity index (χ2v) is 5.36. The van der Waals surface area contributed by atoms with Gasteiger partial charge >= 0.3 is 0 Å². The number of hydrogen-bond acceptors (Lipinski definition) is 4. The van der Waals surface area contributed by atoms with Crippen molar-refractivity contribution in [3.63, 3.8) is 0 Å². The molecule has 6 heteroatoms. The number of para-hydroxylation sites is 1. The first-order valence-electron chi connectivity index (χ1n) is 7.00. The van der Waals surface area contributed by atoms with E-state index >= 15 is 0 Å². The van der Waals surface area contributed by atoms with Crippen LogP contribution in [0.4, 0.5) is 5.69 Å². The first-order chi connectivity index (χ1) is 9.91. The molecule has 1 aromatic rings. The second-order valence-electron chi connectivity index (χ2n) is 5.36. The van der Waals surface area contributed by atoms with Crippen LogP contribution in [-0.2, 0) is 9.59 Å². The Labute approximate surface area is 124 Å². The lowest BCUT2D eigenvalue weighted by molar-refractivity contribution is -0.139. The summed E-state index contributed by atoms with van der Waals surface area (Å²) in [6.45, 7) is 4.26. The van der Waals surface area contributed by atoms with E-state index in [0.717, 1.165) is 11.3 Å². The molecule has 0 spiro atoms. The van der Waals surface area contributed by atoms with E-state index in [0.29, 0.717) is 13.1 Å². The number of benzene rings is 1. The van der Waals surface area contributed by atoms with Crippen LogP contribution >= 0.6 is 0 Å². The molecule has 1 aromatic carbocycles. The fourth-order valence-electron chi connectivity index (χ4n) is 2.40. The molecule has 0 unspecified atom stereocenters. The van der Waals surface area contributed by atoms with Gasteiger partial charge in [0.2, 0.25) is 11.8 Å². The minimum absolute atomic E-state index is 0.00636. The molecule has 3 N–H and O–H groups in total. The summed E-state index contributed by atoms with van der Waals surface area (Å²) in [6.07, 6.45) is -0.929. The maximum absolute atomic E-state index is 12.3. The lowest BCUT2D eigenvalue weighted by Gasteiger charge is -2.36. The van der Waals surface area contributed by atoms with Gasteiger partial charge in [0.25, 0.3) is 0 Å². The number of amides is 2. The van der Waals surface area contributed by atoms with Crippen molar-refractivity contribution in [2.45, 2.75) is 26.0 Å². The number of hydrogen-bond donors (Lipinski definition) is 2. The van der Waals surface area contributed by atoms with Gasteiger partial charge in [-0.05, 0) is 25.5 Å². The van der Waals surface area contributed by atoms with Gasteiger partial charge in [-0.3, -0.25) is 9.59 Å². The standard InChI is InChI=1S/C15H21N3O3/c1-10-5-3-4-6-12(10)18-8-7-17(9-13(18)20)15(21)14(16)11(2)19/h3-6,11,14,19H,7-9,16H2,1-2H3/t11-,14+/m1/s1. The summed E-state index contributed by atoms with van der Waals surface area (Å²) in [5.41, 5.74) is 7.53. The predicted molar refractivity (Wildman–Crippen MR) is 79.8 cm³/mol. The maximum Gasteiger partial charge on any atom is 0.246 e. The van der Waals surface area contributed by atoms with Crippen molar-refractivity contribution in [2.24, 2.45) is 5.73 Å². The summed E-state index contributed by atoms with van der Waals surface area (Å²) in [4.78, 5) is 27.4. The number of aryl methyl sites for hydroxylation is 1. The highest BCUT2D eigenvalue weighted by atomic mass is 16.3. The molecular formula is C15H21N3O3. The van der Waals surface area contributed by atoms with Crippen molar-refractivity contribution >= 4 is 17.5 Å². The number of anilines is 1. The summed E-state index contributed by atoms with van der Waals surface area (Å²) in [5.74, 6) is -0.524. The quantitative estimate of drug-likeness (QED) is 0.813. The summed E-state index contributed by atoms with van der Waals surface area (Å²) >= 11 is 0. The molecule has 21 heavy (non-hydrogen) atoms. The Morgan fingerprint density at radius 3 is 2.57 bits per heavy atom. The molecular weight excluding hydrogens is 270 g/mol. The van der Waals surface area contributed by atoms with E-state index < -0.39 is 12.1 Å². The van der Waals surface area contributed by atoms with Crippen molar-refractivity contribution in [1.82, 2.24) is 4.90 Å². The third-order valence-corrected chi connectivity index (χ3v) is 3.74. The predicted octanol–water partition coefficient (Wildman–Crippen LogP) is -0.122. The van der Waals surface area contributed by atoms with Crippen LogP contribution in [0.3, 0.4) is 0 Å². The number of carbonyl (C=O) groups excluding carboxylic acids is 2. The first-order valence-corrected chi connectivity index (χ1v) is 7.00. The average Bonchev–Trinajstić information content (AvgIpc) is 2.46. The third kappa shape index (κ3) is 3.22. The number of piperazine rings is 1. The summed E-state index contributed by atoms with van der Waals surface area (Å²) < 4.78 is 0. The molecule has 0 aromatic heterocycles. The van der Waals surface area contributed by atoms with E-state index in [-0.39, 0.29) is 18.4 Å². The molecule has 1 aliphatic rings. The van der Waals surface area contributed by atoms with Gasteiger partial charge in [-0.1, -0.05) is 18.2 Å². The Bertz CT molecular complexity index is 545. The van der Waals surface area contributed by atoms with Crippen molar-refractivity contribution < 1.29 is 14.7 Å². The van der Waals surface area contributed by atoms with E-state index in [2.05, 4.69) is 0 Å². The molecule has 6 nitrogen and oxygen atoms in total. The number of rotatable bonds is 3. The zero-order chi connectivity index (χ0) is 15.6. The van der Waals surface area contributed by atoms with Crippen molar-refractivity contribution in [3.05, 3.63) is 29.8 Å². The van der Waals surface area contributed by atoms with Gasteiger partial charge in [-0.15, -0.1) is 0 Å². The largest absolute Gasteiger partial charge is 0.391 e. The van der Waals surface area contributed by atoms with Crippen LogP contribution in [0.15, 0.2) is 24.3 Å². The Morgan fingerprint density at radius 2 is 2.00 bits per heavy atom. The lowest BCUT2D eigenvalue weighted by Crippen LogP contribution is -2.57. The topological polar surface area (TPSA) is 86.9 Å².